The van der Waals surface area contributed by atoms with Crippen LogP contribution in [0.3, 0.4) is 0 Å². The van der Waals surface area contributed by atoms with Gasteiger partial charge in [0.2, 0.25) is 0 Å². The number of nitrogens with zero attached hydrogens (tertiary/aromatic N) is 3. The lowest BCUT2D eigenvalue weighted by Crippen LogP contribution is -2.05. The minimum Gasteiger partial charge on any atom is -0.481 e. The third-order valence-corrected chi connectivity index (χ3v) is 3.59. The zero-order valence-corrected chi connectivity index (χ0v) is 12.0. The van der Waals surface area contributed by atoms with Crippen molar-refractivity contribution in [2.24, 2.45) is 5.92 Å². The van der Waals surface area contributed by atoms with Gasteiger partial charge in [0.15, 0.2) is 5.16 Å². The van der Waals surface area contributed by atoms with Crippen LogP contribution in [0.2, 0.25) is 0 Å². The van der Waals surface area contributed by atoms with E-state index in [1.54, 1.807) is 0 Å². The van der Waals surface area contributed by atoms with E-state index in [1.807, 2.05) is 11.5 Å². The molecule has 0 unspecified atom stereocenters. The molecule has 0 aliphatic heterocycles. The number of carbonyl (C=O) groups is 1. The van der Waals surface area contributed by atoms with Crippen LogP contribution in [-0.2, 0) is 11.3 Å². The van der Waals surface area contributed by atoms with Crippen molar-refractivity contribution in [1.29, 1.82) is 0 Å². The van der Waals surface area contributed by atoms with E-state index in [0.29, 0.717) is 5.16 Å². The topological polar surface area (TPSA) is 68.0 Å². The minimum atomic E-state index is -0.827. The fourth-order valence-corrected chi connectivity index (χ4v) is 2.40. The first-order valence-corrected chi connectivity index (χ1v) is 7.23. The summed E-state index contributed by atoms with van der Waals surface area (Å²) >= 11 is 1.23. The number of aromatic nitrogens is 3. The molecule has 1 rings (SSSR count). The molecule has 6 heteroatoms. The Morgan fingerprint density at radius 1 is 1.39 bits per heavy atom. The molecule has 1 aromatic heterocycles. The van der Waals surface area contributed by atoms with E-state index in [-0.39, 0.29) is 5.75 Å². The number of aliphatic carboxylic acids is 1. The minimum absolute atomic E-state index is 0.0319. The number of aryl methyl sites for hydroxylation is 1. The van der Waals surface area contributed by atoms with Crippen molar-refractivity contribution < 1.29 is 9.90 Å². The summed E-state index contributed by atoms with van der Waals surface area (Å²) in [6.45, 7) is 7.21. The van der Waals surface area contributed by atoms with Crippen LogP contribution in [0, 0.1) is 12.8 Å². The van der Waals surface area contributed by atoms with E-state index in [4.69, 9.17) is 5.11 Å². The SMILES string of the molecule is Cc1nnc(SCC(=O)O)n1CCCCC(C)C. The fourth-order valence-electron chi connectivity index (χ4n) is 1.67. The van der Waals surface area contributed by atoms with Crippen molar-refractivity contribution in [3.8, 4) is 0 Å². The molecule has 18 heavy (non-hydrogen) atoms. The van der Waals surface area contributed by atoms with Crippen LogP contribution in [0.4, 0.5) is 0 Å². The summed E-state index contributed by atoms with van der Waals surface area (Å²) in [6, 6.07) is 0. The zero-order chi connectivity index (χ0) is 13.5. The molecule has 0 aliphatic carbocycles. The van der Waals surface area contributed by atoms with Gasteiger partial charge in [0.25, 0.3) is 0 Å². The molecule has 1 aromatic rings. The van der Waals surface area contributed by atoms with Crippen molar-refractivity contribution in [1.82, 2.24) is 14.8 Å². The molecule has 0 bridgehead atoms. The van der Waals surface area contributed by atoms with E-state index in [1.165, 1.54) is 24.6 Å². The number of unbranched alkanes of at least 4 members (excludes halogenated alkanes) is 1. The molecule has 5 nitrogen and oxygen atoms in total. The number of hydrogen-bond acceptors (Lipinski definition) is 4. The van der Waals surface area contributed by atoms with Crippen molar-refractivity contribution >= 4 is 17.7 Å². The smallest absolute Gasteiger partial charge is 0.313 e. The second-order valence-electron chi connectivity index (χ2n) is 4.75. The molecular weight excluding hydrogens is 250 g/mol. The van der Waals surface area contributed by atoms with E-state index in [2.05, 4.69) is 24.0 Å². The third kappa shape index (κ3) is 5.08. The predicted molar refractivity (Wildman–Crippen MR) is 71.8 cm³/mol. The van der Waals surface area contributed by atoms with Crippen molar-refractivity contribution in [3.05, 3.63) is 5.82 Å². The summed E-state index contributed by atoms with van der Waals surface area (Å²) in [4.78, 5) is 10.5. The van der Waals surface area contributed by atoms with E-state index in [0.717, 1.165) is 24.7 Å². The van der Waals surface area contributed by atoms with Crippen LogP contribution in [0.15, 0.2) is 5.16 Å². The average molecular weight is 271 g/mol. The molecule has 0 spiro atoms. The quantitative estimate of drug-likeness (QED) is 0.581. The lowest BCUT2D eigenvalue weighted by molar-refractivity contribution is -0.133. The van der Waals surface area contributed by atoms with Crippen LogP contribution < -0.4 is 0 Å². The Labute approximate surface area is 112 Å². The highest BCUT2D eigenvalue weighted by atomic mass is 32.2. The summed E-state index contributed by atoms with van der Waals surface area (Å²) in [5.74, 6) is 0.789. The van der Waals surface area contributed by atoms with E-state index in [9.17, 15) is 4.79 Å². The van der Waals surface area contributed by atoms with Crippen LogP contribution >= 0.6 is 11.8 Å². The Bertz CT molecular complexity index is 391. The van der Waals surface area contributed by atoms with Gasteiger partial charge in [-0.2, -0.15) is 0 Å². The summed E-state index contributed by atoms with van der Waals surface area (Å²) in [7, 11) is 0. The first-order chi connectivity index (χ1) is 8.50. The molecule has 0 amide bonds. The van der Waals surface area contributed by atoms with E-state index < -0.39 is 5.97 Å². The van der Waals surface area contributed by atoms with Crippen molar-refractivity contribution in [3.63, 3.8) is 0 Å². The molecule has 0 aromatic carbocycles. The van der Waals surface area contributed by atoms with Crippen LogP contribution in [0.5, 0.6) is 0 Å². The van der Waals surface area contributed by atoms with Crippen LogP contribution in [-0.4, -0.2) is 31.6 Å². The Kier molecular flexibility index (Phi) is 6.18. The van der Waals surface area contributed by atoms with Crippen molar-refractivity contribution in [2.45, 2.75) is 51.7 Å². The largest absolute Gasteiger partial charge is 0.481 e. The highest BCUT2D eigenvalue weighted by Crippen LogP contribution is 2.18. The Hall–Kier alpha value is -1.04. The van der Waals surface area contributed by atoms with Gasteiger partial charge in [-0.15, -0.1) is 10.2 Å². The van der Waals surface area contributed by atoms with Gasteiger partial charge >= 0.3 is 5.97 Å². The first kappa shape index (κ1) is 15.0. The molecule has 102 valence electrons. The standard InChI is InChI=1S/C12H21N3O2S/c1-9(2)6-4-5-7-15-10(3)13-14-12(15)18-8-11(16)17/h9H,4-8H2,1-3H3,(H,16,17). The van der Waals surface area contributed by atoms with Crippen LogP contribution in [0.1, 0.15) is 38.9 Å². The van der Waals surface area contributed by atoms with Gasteiger partial charge in [0, 0.05) is 6.54 Å². The second-order valence-corrected chi connectivity index (χ2v) is 5.70. The highest BCUT2D eigenvalue weighted by Gasteiger charge is 2.10. The molecule has 0 saturated carbocycles. The number of carboxylic acid groups (broad SMARTS) is 1. The number of hydrogen-bond donors (Lipinski definition) is 1. The summed E-state index contributed by atoms with van der Waals surface area (Å²) < 4.78 is 2.01. The number of rotatable bonds is 8. The maximum atomic E-state index is 10.5. The first-order valence-electron chi connectivity index (χ1n) is 6.25. The lowest BCUT2D eigenvalue weighted by atomic mass is 10.1. The molecular formula is C12H21N3O2S. The maximum absolute atomic E-state index is 10.5. The Balaban J connectivity index is 2.47. The number of thioether (sulfide) groups is 1. The zero-order valence-electron chi connectivity index (χ0n) is 11.2. The Morgan fingerprint density at radius 2 is 2.11 bits per heavy atom. The van der Waals surface area contributed by atoms with Gasteiger partial charge in [-0.3, -0.25) is 4.79 Å². The van der Waals surface area contributed by atoms with Gasteiger partial charge in [0.05, 0.1) is 5.75 Å². The van der Waals surface area contributed by atoms with Crippen LogP contribution in [0.25, 0.3) is 0 Å². The molecule has 0 aliphatic rings. The molecule has 1 N–H and O–H groups in total. The van der Waals surface area contributed by atoms with E-state index >= 15 is 0 Å². The summed E-state index contributed by atoms with van der Waals surface area (Å²) in [6.07, 6.45) is 3.48. The lowest BCUT2D eigenvalue weighted by Gasteiger charge is -2.08. The third-order valence-electron chi connectivity index (χ3n) is 2.64. The molecule has 0 atom stereocenters. The van der Waals surface area contributed by atoms with Crippen molar-refractivity contribution in [2.75, 3.05) is 5.75 Å². The fraction of sp³-hybridized carbons (Fsp3) is 0.750. The molecule has 0 saturated heterocycles. The summed E-state index contributed by atoms with van der Waals surface area (Å²) in [5.41, 5.74) is 0. The maximum Gasteiger partial charge on any atom is 0.313 e. The highest BCUT2D eigenvalue weighted by molar-refractivity contribution is 7.99. The van der Waals surface area contributed by atoms with Gasteiger partial charge < -0.3 is 9.67 Å². The predicted octanol–water partition coefficient (Wildman–Crippen LogP) is 2.59. The molecule has 0 radical (unpaired) electrons. The molecule has 0 fully saturated rings. The Morgan fingerprint density at radius 3 is 2.72 bits per heavy atom. The summed E-state index contributed by atoms with van der Waals surface area (Å²) in [5, 5.41) is 17.4. The number of carboxylic acids is 1. The normalized spacial score (nSPS) is 11.1. The molecule has 1 heterocycles. The van der Waals surface area contributed by atoms with Gasteiger partial charge in [-0.25, -0.2) is 0 Å². The average Bonchev–Trinajstić information content (AvgIpc) is 2.63. The van der Waals surface area contributed by atoms with Gasteiger partial charge in [0.1, 0.15) is 5.82 Å². The van der Waals surface area contributed by atoms with Gasteiger partial charge in [-0.05, 0) is 19.3 Å². The second kappa shape index (κ2) is 7.41. The monoisotopic (exact) mass is 271 g/mol. The van der Waals surface area contributed by atoms with Gasteiger partial charge in [-0.1, -0.05) is 38.5 Å².